The van der Waals surface area contributed by atoms with E-state index in [0.29, 0.717) is 6.61 Å². The molecule has 1 rings (SSSR count). The number of hydrogen-bond donors (Lipinski definition) is 1. The minimum Gasteiger partial charge on any atom is -0.494 e. The maximum Gasteiger partial charge on any atom is 0.221 e. The Morgan fingerprint density at radius 1 is 1.33 bits per heavy atom. The number of ether oxygens (including phenoxy) is 1. The second-order valence-corrected chi connectivity index (χ2v) is 3.55. The predicted molar refractivity (Wildman–Crippen MR) is 61.4 cm³/mol. The van der Waals surface area contributed by atoms with Gasteiger partial charge >= 0.3 is 0 Å². The number of aryl methyl sites for hydroxylation is 2. The van der Waals surface area contributed by atoms with Crippen LogP contribution in [0.5, 0.6) is 5.75 Å². The van der Waals surface area contributed by atoms with E-state index in [2.05, 4.69) is 5.32 Å². The van der Waals surface area contributed by atoms with E-state index < -0.39 is 0 Å². The highest BCUT2D eigenvalue weighted by molar-refractivity contribution is 5.90. The summed E-state index contributed by atoms with van der Waals surface area (Å²) >= 11 is 0. The van der Waals surface area contributed by atoms with Gasteiger partial charge in [-0.2, -0.15) is 0 Å². The van der Waals surface area contributed by atoms with E-state index in [-0.39, 0.29) is 5.91 Å². The fraction of sp³-hybridized carbons (Fsp3) is 0.417. The van der Waals surface area contributed by atoms with E-state index in [1.165, 1.54) is 6.92 Å². The fourth-order valence-electron chi connectivity index (χ4n) is 1.55. The van der Waals surface area contributed by atoms with Crippen molar-refractivity contribution in [2.75, 3.05) is 11.9 Å². The zero-order valence-corrected chi connectivity index (χ0v) is 9.68. The number of carbonyl (C=O) groups is 1. The first-order chi connectivity index (χ1) is 7.04. The van der Waals surface area contributed by atoms with Crippen molar-refractivity contribution in [1.29, 1.82) is 0 Å². The van der Waals surface area contributed by atoms with Crippen LogP contribution >= 0.6 is 0 Å². The maximum absolute atomic E-state index is 11.0. The first-order valence-electron chi connectivity index (χ1n) is 5.06. The van der Waals surface area contributed by atoms with Gasteiger partial charge in [0.15, 0.2) is 0 Å². The number of anilines is 1. The van der Waals surface area contributed by atoms with Crippen molar-refractivity contribution in [2.24, 2.45) is 0 Å². The largest absolute Gasteiger partial charge is 0.494 e. The van der Waals surface area contributed by atoms with Gasteiger partial charge in [-0.1, -0.05) is 0 Å². The van der Waals surface area contributed by atoms with Crippen LogP contribution in [0.3, 0.4) is 0 Å². The summed E-state index contributed by atoms with van der Waals surface area (Å²) in [4.78, 5) is 11.0. The lowest BCUT2D eigenvalue weighted by Crippen LogP contribution is -2.09. The van der Waals surface area contributed by atoms with Gasteiger partial charge in [0.25, 0.3) is 0 Å². The van der Waals surface area contributed by atoms with Crippen molar-refractivity contribution in [3.8, 4) is 5.75 Å². The Morgan fingerprint density at radius 2 is 1.87 bits per heavy atom. The van der Waals surface area contributed by atoms with Gasteiger partial charge in [0.2, 0.25) is 5.91 Å². The van der Waals surface area contributed by atoms with Gasteiger partial charge in [-0.15, -0.1) is 0 Å². The van der Waals surface area contributed by atoms with Crippen molar-refractivity contribution < 1.29 is 9.53 Å². The minimum absolute atomic E-state index is 0.0506. The molecule has 0 aliphatic carbocycles. The third-order valence-corrected chi connectivity index (χ3v) is 2.12. The van der Waals surface area contributed by atoms with Gasteiger partial charge in [0.1, 0.15) is 5.75 Å². The summed E-state index contributed by atoms with van der Waals surface area (Å²) in [5.74, 6) is 0.798. The van der Waals surface area contributed by atoms with Crippen LogP contribution < -0.4 is 10.1 Å². The monoisotopic (exact) mass is 207 g/mol. The minimum atomic E-state index is -0.0506. The summed E-state index contributed by atoms with van der Waals surface area (Å²) in [5.41, 5.74) is 2.92. The lowest BCUT2D eigenvalue weighted by atomic mass is 10.1. The Kier molecular flexibility index (Phi) is 3.72. The van der Waals surface area contributed by atoms with Gasteiger partial charge in [-0.3, -0.25) is 4.79 Å². The van der Waals surface area contributed by atoms with Crippen molar-refractivity contribution in [2.45, 2.75) is 27.7 Å². The third-order valence-electron chi connectivity index (χ3n) is 2.12. The SMILES string of the molecule is CCOc1cc(C)c(NC(C)=O)c(C)c1. The molecule has 0 radical (unpaired) electrons. The van der Waals surface area contributed by atoms with E-state index in [1.54, 1.807) is 0 Å². The van der Waals surface area contributed by atoms with E-state index in [1.807, 2.05) is 32.9 Å². The lowest BCUT2D eigenvalue weighted by Gasteiger charge is -2.12. The molecule has 0 saturated carbocycles. The number of benzene rings is 1. The van der Waals surface area contributed by atoms with Crippen molar-refractivity contribution in [3.05, 3.63) is 23.3 Å². The molecular formula is C12H17NO2. The summed E-state index contributed by atoms with van der Waals surface area (Å²) in [6.45, 7) is 8.03. The summed E-state index contributed by atoms with van der Waals surface area (Å²) in [6, 6.07) is 3.86. The molecule has 3 nitrogen and oxygen atoms in total. The molecule has 0 atom stereocenters. The quantitative estimate of drug-likeness (QED) is 0.827. The average Bonchev–Trinajstić information content (AvgIpc) is 2.11. The molecule has 1 aromatic rings. The van der Waals surface area contributed by atoms with Gasteiger partial charge in [-0.05, 0) is 44.0 Å². The standard InChI is InChI=1S/C12H17NO2/c1-5-15-11-6-8(2)12(9(3)7-11)13-10(4)14/h6-7H,5H2,1-4H3,(H,13,14). The molecule has 0 unspecified atom stereocenters. The molecule has 0 fully saturated rings. The number of nitrogens with one attached hydrogen (secondary N) is 1. The summed E-state index contributed by atoms with van der Waals surface area (Å²) in [5, 5.41) is 2.82. The van der Waals surface area contributed by atoms with Crippen LogP contribution in [0.25, 0.3) is 0 Å². The summed E-state index contributed by atoms with van der Waals surface area (Å²) < 4.78 is 5.41. The molecule has 1 amide bonds. The van der Waals surface area contributed by atoms with Gasteiger partial charge in [0, 0.05) is 12.6 Å². The van der Waals surface area contributed by atoms with Crippen LogP contribution in [0, 0.1) is 13.8 Å². The first kappa shape index (κ1) is 11.6. The molecule has 0 heterocycles. The maximum atomic E-state index is 11.0. The molecular weight excluding hydrogens is 190 g/mol. The van der Waals surface area contributed by atoms with Gasteiger partial charge < -0.3 is 10.1 Å². The Hall–Kier alpha value is -1.51. The molecule has 0 bridgehead atoms. The highest BCUT2D eigenvalue weighted by atomic mass is 16.5. The topological polar surface area (TPSA) is 38.3 Å². The van der Waals surface area contributed by atoms with Crippen LogP contribution in [0.15, 0.2) is 12.1 Å². The van der Waals surface area contributed by atoms with E-state index in [9.17, 15) is 4.79 Å². The molecule has 0 spiro atoms. The van der Waals surface area contributed by atoms with Crippen LogP contribution in [0.4, 0.5) is 5.69 Å². The van der Waals surface area contributed by atoms with E-state index in [4.69, 9.17) is 4.74 Å². The Morgan fingerprint density at radius 3 is 2.27 bits per heavy atom. The molecule has 3 heteroatoms. The Bertz CT molecular complexity index is 349. The molecule has 15 heavy (non-hydrogen) atoms. The zero-order valence-electron chi connectivity index (χ0n) is 9.68. The number of carbonyl (C=O) groups excluding carboxylic acids is 1. The van der Waals surface area contributed by atoms with Crippen LogP contribution in [0.2, 0.25) is 0 Å². The number of rotatable bonds is 3. The smallest absolute Gasteiger partial charge is 0.221 e. The summed E-state index contributed by atoms with van der Waals surface area (Å²) in [6.07, 6.45) is 0. The predicted octanol–water partition coefficient (Wildman–Crippen LogP) is 2.66. The Labute approximate surface area is 90.4 Å². The molecule has 0 saturated heterocycles. The van der Waals surface area contributed by atoms with Crippen LogP contribution in [0.1, 0.15) is 25.0 Å². The fourth-order valence-corrected chi connectivity index (χ4v) is 1.55. The second-order valence-electron chi connectivity index (χ2n) is 3.55. The average molecular weight is 207 g/mol. The highest BCUT2D eigenvalue weighted by Gasteiger charge is 2.06. The van der Waals surface area contributed by atoms with Crippen LogP contribution in [-0.2, 0) is 4.79 Å². The van der Waals surface area contributed by atoms with Crippen molar-refractivity contribution >= 4 is 11.6 Å². The van der Waals surface area contributed by atoms with Crippen LogP contribution in [-0.4, -0.2) is 12.5 Å². The number of amides is 1. The lowest BCUT2D eigenvalue weighted by molar-refractivity contribution is -0.114. The van der Waals surface area contributed by atoms with Gasteiger partial charge in [-0.25, -0.2) is 0 Å². The molecule has 0 aliphatic heterocycles. The Balaban J connectivity index is 3.03. The zero-order chi connectivity index (χ0) is 11.4. The molecule has 0 aromatic heterocycles. The van der Waals surface area contributed by atoms with Crippen molar-refractivity contribution in [3.63, 3.8) is 0 Å². The first-order valence-corrected chi connectivity index (χ1v) is 5.06. The summed E-state index contributed by atoms with van der Waals surface area (Å²) in [7, 11) is 0. The number of hydrogen-bond acceptors (Lipinski definition) is 2. The van der Waals surface area contributed by atoms with E-state index in [0.717, 1.165) is 22.6 Å². The molecule has 82 valence electrons. The second kappa shape index (κ2) is 4.82. The molecule has 0 aliphatic rings. The van der Waals surface area contributed by atoms with Crippen molar-refractivity contribution in [1.82, 2.24) is 0 Å². The van der Waals surface area contributed by atoms with E-state index >= 15 is 0 Å². The molecule has 1 N–H and O–H groups in total. The highest BCUT2D eigenvalue weighted by Crippen LogP contribution is 2.26. The van der Waals surface area contributed by atoms with Gasteiger partial charge in [0.05, 0.1) is 6.61 Å². The molecule has 1 aromatic carbocycles. The normalized spacial score (nSPS) is 9.87. The third kappa shape index (κ3) is 2.98.